The van der Waals surface area contributed by atoms with Crippen LogP contribution in [0.5, 0.6) is 0 Å². The maximum atomic E-state index is 10.6. The minimum absolute atomic E-state index is 0.337. The highest BCUT2D eigenvalue weighted by molar-refractivity contribution is 7.10. The highest BCUT2D eigenvalue weighted by Crippen LogP contribution is 2.29. The molecule has 0 saturated carbocycles. The van der Waals surface area contributed by atoms with Crippen LogP contribution in [0.15, 0.2) is 23.7 Å². The second-order valence-electron chi connectivity index (χ2n) is 6.65. The lowest BCUT2D eigenvalue weighted by Gasteiger charge is -2.31. The lowest BCUT2D eigenvalue weighted by atomic mass is 10.0. The van der Waals surface area contributed by atoms with Gasteiger partial charge in [-0.05, 0) is 44.2 Å². The summed E-state index contributed by atoms with van der Waals surface area (Å²) in [5.41, 5.74) is 2.43. The highest BCUT2D eigenvalue weighted by Gasteiger charge is 2.25. The van der Waals surface area contributed by atoms with Gasteiger partial charge in [0.05, 0.1) is 11.8 Å². The maximum Gasteiger partial charge on any atom is 0.0896 e. The van der Waals surface area contributed by atoms with Crippen molar-refractivity contribution in [2.75, 3.05) is 6.54 Å². The third-order valence-electron chi connectivity index (χ3n) is 4.85. The van der Waals surface area contributed by atoms with Crippen LogP contribution in [0.2, 0.25) is 0 Å². The Hall–Kier alpha value is -1.17. The molecule has 2 atom stereocenters. The molecule has 126 valence electrons. The van der Waals surface area contributed by atoms with Gasteiger partial charge < -0.3 is 5.11 Å². The van der Waals surface area contributed by atoms with Gasteiger partial charge in [0, 0.05) is 36.3 Å². The van der Waals surface area contributed by atoms with Crippen LogP contribution < -0.4 is 0 Å². The molecule has 1 saturated heterocycles. The lowest BCUT2D eigenvalue weighted by Crippen LogP contribution is -2.35. The van der Waals surface area contributed by atoms with E-state index in [1.54, 1.807) is 11.3 Å². The average molecular weight is 334 g/mol. The fourth-order valence-corrected chi connectivity index (χ4v) is 4.31. The van der Waals surface area contributed by atoms with Crippen LogP contribution in [0, 0.1) is 6.92 Å². The number of hydrogen-bond donors (Lipinski definition) is 1. The van der Waals surface area contributed by atoms with Gasteiger partial charge in [0.15, 0.2) is 0 Å². The Morgan fingerprint density at radius 2 is 2.26 bits per heavy atom. The first kappa shape index (κ1) is 16.7. The van der Waals surface area contributed by atoms with Gasteiger partial charge in [-0.25, -0.2) is 0 Å². The summed E-state index contributed by atoms with van der Waals surface area (Å²) in [5, 5.41) is 17.1. The van der Waals surface area contributed by atoms with Gasteiger partial charge in [-0.1, -0.05) is 18.9 Å². The van der Waals surface area contributed by atoms with Gasteiger partial charge in [-0.3, -0.25) is 9.58 Å². The molecule has 5 heteroatoms. The zero-order valence-corrected chi connectivity index (χ0v) is 14.9. The lowest BCUT2D eigenvalue weighted by molar-refractivity contribution is 0.0995. The highest BCUT2D eigenvalue weighted by atomic mass is 32.1. The zero-order chi connectivity index (χ0) is 16.2. The molecule has 0 bridgehead atoms. The molecule has 3 rings (SSSR count). The molecule has 1 aliphatic heterocycles. The van der Waals surface area contributed by atoms with Crippen molar-refractivity contribution >= 4 is 11.3 Å². The van der Waals surface area contributed by atoms with Crippen molar-refractivity contribution in [3.63, 3.8) is 0 Å². The Morgan fingerprint density at radius 1 is 1.39 bits per heavy atom. The summed E-state index contributed by atoms with van der Waals surface area (Å²) >= 11 is 1.65. The van der Waals surface area contributed by atoms with E-state index in [0.717, 1.165) is 30.1 Å². The second-order valence-corrected chi connectivity index (χ2v) is 7.63. The Balaban J connectivity index is 1.70. The summed E-state index contributed by atoms with van der Waals surface area (Å²) in [6, 6.07) is 4.52. The standard InChI is InChI=1S/C18H27N3OS/c1-14-15(12-20(2)19-14)13-21-9-5-3-4-7-16(21)11-17(22)18-8-6-10-23-18/h6,8,10,12,16-17,22H,3-5,7,9,11,13H2,1-2H3. The van der Waals surface area contributed by atoms with Crippen LogP contribution >= 0.6 is 11.3 Å². The number of aliphatic hydroxyl groups is 1. The molecule has 2 aromatic rings. The summed E-state index contributed by atoms with van der Waals surface area (Å²) in [6.45, 7) is 4.15. The van der Waals surface area contributed by atoms with Crippen LogP contribution in [0.1, 0.15) is 54.3 Å². The molecule has 0 amide bonds. The van der Waals surface area contributed by atoms with Crippen LogP contribution in [-0.4, -0.2) is 32.4 Å². The molecule has 3 heterocycles. The first-order chi connectivity index (χ1) is 11.1. The number of likely N-dealkylation sites (tertiary alicyclic amines) is 1. The van der Waals surface area contributed by atoms with Crippen LogP contribution in [0.4, 0.5) is 0 Å². The fourth-order valence-electron chi connectivity index (χ4n) is 3.59. The van der Waals surface area contributed by atoms with E-state index in [4.69, 9.17) is 0 Å². The summed E-state index contributed by atoms with van der Waals surface area (Å²) < 4.78 is 1.90. The smallest absolute Gasteiger partial charge is 0.0896 e. The Bertz CT molecular complexity index is 608. The van der Waals surface area contributed by atoms with Crippen LogP contribution in [0.25, 0.3) is 0 Å². The number of aryl methyl sites for hydroxylation is 2. The molecule has 0 aromatic carbocycles. The van der Waals surface area contributed by atoms with Crippen molar-refractivity contribution in [1.29, 1.82) is 0 Å². The molecule has 1 aliphatic rings. The van der Waals surface area contributed by atoms with E-state index in [1.165, 1.54) is 31.2 Å². The van der Waals surface area contributed by atoms with Crippen molar-refractivity contribution in [2.45, 2.75) is 57.7 Å². The number of thiophene rings is 1. The van der Waals surface area contributed by atoms with E-state index in [0.29, 0.717) is 6.04 Å². The minimum Gasteiger partial charge on any atom is -0.388 e. The molecule has 2 unspecified atom stereocenters. The quantitative estimate of drug-likeness (QED) is 0.908. The first-order valence-corrected chi connectivity index (χ1v) is 9.46. The average Bonchev–Trinajstić information content (AvgIpc) is 3.09. The van der Waals surface area contributed by atoms with E-state index in [1.807, 2.05) is 29.2 Å². The summed E-state index contributed by atoms with van der Waals surface area (Å²) in [5.74, 6) is 0. The van der Waals surface area contributed by atoms with Crippen LogP contribution in [0.3, 0.4) is 0 Å². The topological polar surface area (TPSA) is 41.3 Å². The van der Waals surface area contributed by atoms with Crippen molar-refractivity contribution in [2.24, 2.45) is 7.05 Å². The molecule has 1 fully saturated rings. The Morgan fingerprint density at radius 3 is 2.96 bits per heavy atom. The third-order valence-corrected chi connectivity index (χ3v) is 5.83. The molecule has 2 aromatic heterocycles. The normalized spacial score (nSPS) is 21.3. The Labute approximate surface area is 142 Å². The van der Waals surface area contributed by atoms with Crippen molar-refractivity contribution in [1.82, 2.24) is 14.7 Å². The predicted octanol–water partition coefficient (Wildman–Crippen LogP) is 3.66. The van der Waals surface area contributed by atoms with Gasteiger partial charge in [0.1, 0.15) is 0 Å². The minimum atomic E-state index is -0.337. The van der Waals surface area contributed by atoms with Gasteiger partial charge >= 0.3 is 0 Å². The molecular weight excluding hydrogens is 306 g/mol. The van der Waals surface area contributed by atoms with E-state index < -0.39 is 0 Å². The fraction of sp³-hybridized carbons (Fsp3) is 0.611. The molecule has 0 aliphatic carbocycles. The molecule has 1 N–H and O–H groups in total. The SMILES string of the molecule is Cc1nn(C)cc1CN1CCCCCC1CC(O)c1cccs1. The van der Waals surface area contributed by atoms with E-state index in [-0.39, 0.29) is 6.10 Å². The molecule has 23 heavy (non-hydrogen) atoms. The van der Waals surface area contributed by atoms with E-state index >= 15 is 0 Å². The zero-order valence-electron chi connectivity index (χ0n) is 14.1. The molecule has 0 radical (unpaired) electrons. The largest absolute Gasteiger partial charge is 0.388 e. The summed E-state index contributed by atoms with van der Waals surface area (Å²) in [4.78, 5) is 3.65. The first-order valence-electron chi connectivity index (χ1n) is 8.58. The number of hydrogen-bond acceptors (Lipinski definition) is 4. The number of nitrogens with zero attached hydrogens (tertiary/aromatic N) is 3. The second kappa shape index (κ2) is 7.60. The van der Waals surface area contributed by atoms with Crippen molar-refractivity contribution < 1.29 is 5.11 Å². The van der Waals surface area contributed by atoms with Gasteiger partial charge in [-0.15, -0.1) is 11.3 Å². The monoisotopic (exact) mass is 333 g/mol. The maximum absolute atomic E-state index is 10.6. The molecular formula is C18H27N3OS. The summed E-state index contributed by atoms with van der Waals surface area (Å²) in [7, 11) is 1.98. The van der Waals surface area contributed by atoms with Gasteiger partial charge in [-0.2, -0.15) is 5.10 Å². The molecule has 4 nitrogen and oxygen atoms in total. The Kier molecular flexibility index (Phi) is 5.51. The van der Waals surface area contributed by atoms with Gasteiger partial charge in [0.2, 0.25) is 0 Å². The number of rotatable bonds is 5. The number of aliphatic hydroxyl groups excluding tert-OH is 1. The van der Waals surface area contributed by atoms with E-state index in [2.05, 4.69) is 23.1 Å². The predicted molar refractivity (Wildman–Crippen MR) is 94.5 cm³/mol. The molecule has 0 spiro atoms. The third kappa shape index (κ3) is 4.22. The van der Waals surface area contributed by atoms with Crippen molar-refractivity contribution in [3.05, 3.63) is 39.8 Å². The number of aromatic nitrogens is 2. The van der Waals surface area contributed by atoms with E-state index in [9.17, 15) is 5.11 Å². The van der Waals surface area contributed by atoms with Gasteiger partial charge in [0.25, 0.3) is 0 Å². The summed E-state index contributed by atoms with van der Waals surface area (Å²) in [6.07, 6.45) is 7.63. The van der Waals surface area contributed by atoms with Crippen LogP contribution in [-0.2, 0) is 13.6 Å². The van der Waals surface area contributed by atoms with Crippen molar-refractivity contribution in [3.8, 4) is 0 Å².